The third-order valence-corrected chi connectivity index (χ3v) is 5.87. The van der Waals surface area contributed by atoms with Gasteiger partial charge in [-0.05, 0) is 30.0 Å². The fourth-order valence-corrected chi connectivity index (χ4v) is 4.26. The van der Waals surface area contributed by atoms with Gasteiger partial charge < -0.3 is 4.74 Å². The molecule has 0 amide bonds. The van der Waals surface area contributed by atoms with E-state index < -0.39 is 11.8 Å². The van der Waals surface area contributed by atoms with Crippen LogP contribution in [-0.4, -0.2) is 36.8 Å². The molecular formula is C26H28FNO. The summed E-state index contributed by atoms with van der Waals surface area (Å²) in [5.41, 5.74) is 2.56. The lowest BCUT2D eigenvalue weighted by Crippen LogP contribution is -2.40. The van der Waals surface area contributed by atoms with Crippen LogP contribution in [0.4, 0.5) is 4.39 Å². The van der Waals surface area contributed by atoms with Crippen molar-refractivity contribution in [2.24, 2.45) is 0 Å². The van der Waals surface area contributed by atoms with Gasteiger partial charge >= 0.3 is 0 Å². The molecule has 2 atom stereocenters. The van der Waals surface area contributed by atoms with Crippen molar-refractivity contribution < 1.29 is 9.13 Å². The smallest absolute Gasteiger partial charge is 0.143 e. The molecular weight excluding hydrogens is 361 g/mol. The predicted molar refractivity (Wildman–Crippen MR) is 116 cm³/mol. The van der Waals surface area contributed by atoms with Crippen molar-refractivity contribution in [2.45, 2.75) is 31.2 Å². The number of hydrogen-bond donors (Lipinski definition) is 0. The monoisotopic (exact) mass is 389 g/mol. The van der Waals surface area contributed by atoms with E-state index in [1.807, 2.05) is 18.2 Å². The number of ether oxygens (including phenoxy) is 1. The molecule has 1 aliphatic rings. The highest BCUT2D eigenvalue weighted by Crippen LogP contribution is 2.40. The summed E-state index contributed by atoms with van der Waals surface area (Å²) >= 11 is 0. The van der Waals surface area contributed by atoms with E-state index in [1.54, 1.807) is 0 Å². The summed E-state index contributed by atoms with van der Waals surface area (Å²) in [5.74, 6) is 0. The molecule has 3 aromatic rings. The average Bonchev–Trinajstić information content (AvgIpc) is 3.23. The van der Waals surface area contributed by atoms with Crippen molar-refractivity contribution in [3.63, 3.8) is 0 Å². The molecule has 1 heterocycles. The second kappa shape index (κ2) is 8.89. The largest absolute Gasteiger partial charge is 0.359 e. The van der Waals surface area contributed by atoms with E-state index in [-0.39, 0.29) is 6.04 Å². The van der Waals surface area contributed by atoms with Gasteiger partial charge in [0.25, 0.3) is 0 Å². The van der Waals surface area contributed by atoms with Crippen LogP contribution in [0.1, 0.15) is 30.0 Å². The third kappa shape index (κ3) is 4.12. The summed E-state index contributed by atoms with van der Waals surface area (Å²) in [6, 6.07) is 31.3. The quantitative estimate of drug-likeness (QED) is 0.500. The highest BCUT2D eigenvalue weighted by molar-refractivity contribution is 5.47. The van der Waals surface area contributed by atoms with Gasteiger partial charge in [-0.3, -0.25) is 4.90 Å². The zero-order valence-corrected chi connectivity index (χ0v) is 16.9. The summed E-state index contributed by atoms with van der Waals surface area (Å²) in [6.07, 6.45) is -0.106. The lowest BCUT2D eigenvalue weighted by atomic mass is 9.80. The Hall–Kier alpha value is -2.49. The maximum absolute atomic E-state index is 13.7. The Kier molecular flexibility index (Phi) is 6.08. The van der Waals surface area contributed by atoms with E-state index in [0.29, 0.717) is 19.6 Å². The van der Waals surface area contributed by atoms with Crippen LogP contribution in [-0.2, 0) is 10.3 Å². The molecule has 0 unspecified atom stereocenters. The molecule has 0 saturated carbocycles. The number of rotatable bonds is 7. The molecule has 0 aliphatic carbocycles. The van der Waals surface area contributed by atoms with Gasteiger partial charge in [-0.25, -0.2) is 4.39 Å². The van der Waals surface area contributed by atoms with Gasteiger partial charge in [0.2, 0.25) is 0 Å². The summed E-state index contributed by atoms with van der Waals surface area (Å²) < 4.78 is 20.6. The van der Waals surface area contributed by atoms with Crippen molar-refractivity contribution in [3.05, 3.63) is 108 Å². The summed E-state index contributed by atoms with van der Waals surface area (Å²) in [5, 5.41) is 0. The van der Waals surface area contributed by atoms with Gasteiger partial charge in [0, 0.05) is 19.1 Å². The van der Waals surface area contributed by atoms with Gasteiger partial charge in [-0.2, -0.15) is 0 Å². The van der Waals surface area contributed by atoms with Gasteiger partial charge in [0.05, 0.1) is 6.61 Å². The third-order valence-electron chi connectivity index (χ3n) is 5.87. The fourth-order valence-electron chi connectivity index (χ4n) is 4.26. The molecule has 150 valence electrons. The number of hydrogen-bond acceptors (Lipinski definition) is 2. The molecule has 2 nitrogen and oxygen atoms in total. The highest BCUT2D eigenvalue weighted by atomic mass is 19.1. The van der Waals surface area contributed by atoms with E-state index in [0.717, 1.165) is 23.2 Å². The lowest BCUT2D eigenvalue weighted by molar-refractivity contribution is -0.0165. The van der Waals surface area contributed by atoms with Crippen molar-refractivity contribution in [3.8, 4) is 0 Å². The Bertz CT molecular complexity index is 788. The second-order valence-corrected chi connectivity index (χ2v) is 7.82. The number of nitrogens with zero attached hydrogens (tertiary/aromatic N) is 1. The first-order valence-corrected chi connectivity index (χ1v) is 10.4. The standard InChI is InChI=1S/C26H28FNO/c1-21(28-18-17-25(27)19-28)20-29-26(22-11-5-2-6-12-22,23-13-7-3-8-14-23)24-15-9-4-10-16-24/h2-16,21,25H,17-20H2,1H3/t21-,25+/m0/s1. The molecule has 1 aliphatic heterocycles. The minimum absolute atomic E-state index is 0.145. The molecule has 3 heteroatoms. The van der Waals surface area contributed by atoms with E-state index in [2.05, 4.69) is 84.6 Å². The Balaban J connectivity index is 1.75. The molecule has 1 saturated heterocycles. The van der Waals surface area contributed by atoms with Crippen molar-refractivity contribution in [1.82, 2.24) is 4.90 Å². The van der Waals surface area contributed by atoms with Crippen LogP contribution in [0.5, 0.6) is 0 Å². The highest BCUT2D eigenvalue weighted by Gasteiger charge is 2.38. The van der Waals surface area contributed by atoms with E-state index in [4.69, 9.17) is 4.74 Å². The molecule has 4 rings (SSSR count). The average molecular weight is 390 g/mol. The Labute approximate surface area is 172 Å². The number of alkyl halides is 1. The SMILES string of the molecule is C[C@@H](COC(c1ccccc1)(c1ccccc1)c1ccccc1)N1CC[C@@H](F)C1. The van der Waals surface area contributed by atoms with Crippen LogP contribution in [0.2, 0.25) is 0 Å². The van der Waals surface area contributed by atoms with E-state index >= 15 is 0 Å². The van der Waals surface area contributed by atoms with Gasteiger partial charge in [-0.1, -0.05) is 91.0 Å². The number of benzene rings is 3. The van der Waals surface area contributed by atoms with Gasteiger partial charge in [-0.15, -0.1) is 0 Å². The first kappa shape index (κ1) is 19.8. The first-order chi connectivity index (χ1) is 14.2. The second-order valence-electron chi connectivity index (χ2n) is 7.82. The summed E-state index contributed by atoms with van der Waals surface area (Å²) in [7, 11) is 0. The maximum atomic E-state index is 13.7. The van der Waals surface area contributed by atoms with E-state index in [9.17, 15) is 4.39 Å². The normalized spacial score (nSPS) is 18.6. The summed E-state index contributed by atoms with van der Waals surface area (Å²) in [6.45, 7) is 3.94. The fraction of sp³-hybridized carbons (Fsp3) is 0.308. The molecule has 0 N–H and O–H groups in total. The molecule has 0 bridgehead atoms. The first-order valence-electron chi connectivity index (χ1n) is 10.4. The minimum Gasteiger partial charge on any atom is -0.359 e. The van der Waals surface area contributed by atoms with Crippen LogP contribution in [0.15, 0.2) is 91.0 Å². The molecule has 29 heavy (non-hydrogen) atoms. The summed E-state index contributed by atoms with van der Waals surface area (Å²) in [4.78, 5) is 2.19. The predicted octanol–water partition coefficient (Wildman–Crippen LogP) is 5.43. The van der Waals surface area contributed by atoms with Crippen LogP contribution >= 0.6 is 0 Å². The van der Waals surface area contributed by atoms with E-state index in [1.165, 1.54) is 0 Å². The zero-order chi connectivity index (χ0) is 20.1. The Morgan fingerprint density at radius 3 is 1.69 bits per heavy atom. The minimum atomic E-state index is -0.723. The van der Waals surface area contributed by atoms with Crippen molar-refractivity contribution in [2.75, 3.05) is 19.7 Å². The molecule has 0 aromatic heterocycles. The zero-order valence-electron chi connectivity index (χ0n) is 16.9. The Morgan fingerprint density at radius 2 is 1.31 bits per heavy atom. The van der Waals surface area contributed by atoms with Gasteiger partial charge in [0.15, 0.2) is 0 Å². The van der Waals surface area contributed by atoms with Crippen molar-refractivity contribution >= 4 is 0 Å². The lowest BCUT2D eigenvalue weighted by Gasteiger charge is -2.38. The number of halogens is 1. The topological polar surface area (TPSA) is 12.5 Å². The van der Waals surface area contributed by atoms with Crippen molar-refractivity contribution in [1.29, 1.82) is 0 Å². The van der Waals surface area contributed by atoms with Crippen LogP contribution < -0.4 is 0 Å². The number of likely N-dealkylation sites (tertiary alicyclic amines) is 1. The van der Waals surface area contributed by atoms with Gasteiger partial charge in [0.1, 0.15) is 11.8 Å². The van der Waals surface area contributed by atoms with Crippen LogP contribution in [0.3, 0.4) is 0 Å². The molecule has 3 aromatic carbocycles. The molecule has 0 radical (unpaired) electrons. The maximum Gasteiger partial charge on any atom is 0.143 e. The molecule has 0 spiro atoms. The van der Waals surface area contributed by atoms with Crippen LogP contribution in [0, 0.1) is 0 Å². The Morgan fingerprint density at radius 1 is 0.862 bits per heavy atom. The molecule has 1 fully saturated rings. The van der Waals surface area contributed by atoms with Crippen LogP contribution in [0.25, 0.3) is 0 Å².